The molecule has 0 aliphatic rings. The van der Waals surface area contributed by atoms with Crippen LogP contribution in [-0.4, -0.2) is 11.6 Å². The van der Waals surface area contributed by atoms with Gasteiger partial charge in [0.05, 0.1) is 0 Å². The molecule has 0 unspecified atom stereocenters. The summed E-state index contributed by atoms with van der Waals surface area (Å²) in [6.07, 6.45) is 0. The van der Waals surface area contributed by atoms with Gasteiger partial charge >= 0.3 is 0 Å². The van der Waals surface area contributed by atoms with Gasteiger partial charge in [-0.25, -0.2) is 0 Å². The summed E-state index contributed by atoms with van der Waals surface area (Å²) in [4.78, 5) is 0. The smallest absolute Gasteiger partial charge is 0.0483 e. The molecule has 0 aliphatic carbocycles. The van der Waals surface area contributed by atoms with Gasteiger partial charge in [-0.1, -0.05) is 36.4 Å². The van der Waals surface area contributed by atoms with Gasteiger partial charge in [-0.15, -0.1) is 0 Å². The summed E-state index contributed by atoms with van der Waals surface area (Å²) in [5.41, 5.74) is 6.57. The molecule has 0 bridgehead atoms. The highest BCUT2D eigenvalue weighted by Gasteiger charge is 2.12. The standard InChI is InChI=1S/C18H20N2/c1-13-17(12-19-2)16-11-15(9-10-18(16)20(13)3)14-7-5-4-6-8-14/h4-11,19H,12H2,1-3H3. The number of rotatable bonds is 3. The van der Waals surface area contributed by atoms with Crippen molar-refractivity contribution >= 4 is 10.9 Å². The Morgan fingerprint density at radius 2 is 1.75 bits per heavy atom. The second-order valence-electron chi connectivity index (χ2n) is 5.25. The number of benzene rings is 2. The van der Waals surface area contributed by atoms with Gasteiger partial charge in [-0.3, -0.25) is 0 Å². The van der Waals surface area contributed by atoms with E-state index >= 15 is 0 Å². The quantitative estimate of drug-likeness (QED) is 0.760. The van der Waals surface area contributed by atoms with E-state index in [1.165, 1.54) is 33.3 Å². The number of nitrogens with zero attached hydrogens (tertiary/aromatic N) is 1. The lowest BCUT2D eigenvalue weighted by molar-refractivity contribution is 0.801. The minimum Gasteiger partial charge on any atom is -0.348 e. The molecule has 0 amide bonds. The molecule has 2 aromatic carbocycles. The van der Waals surface area contributed by atoms with E-state index in [-0.39, 0.29) is 0 Å². The monoisotopic (exact) mass is 264 g/mol. The lowest BCUT2D eigenvalue weighted by Gasteiger charge is -2.04. The molecule has 2 nitrogen and oxygen atoms in total. The molecule has 102 valence electrons. The maximum Gasteiger partial charge on any atom is 0.0483 e. The predicted molar refractivity (Wildman–Crippen MR) is 85.9 cm³/mol. The predicted octanol–water partition coefficient (Wildman–Crippen LogP) is 3.87. The second-order valence-corrected chi connectivity index (χ2v) is 5.25. The van der Waals surface area contributed by atoms with E-state index < -0.39 is 0 Å². The number of fused-ring (bicyclic) bond motifs is 1. The summed E-state index contributed by atoms with van der Waals surface area (Å²) in [5.74, 6) is 0. The van der Waals surface area contributed by atoms with Crippen molar-refractivity contribution < 1.29 is 0 Å². The minimum absolute atomic E-state index is 0.904. The zero-order valence-corrected chi connectivity index (χ0v) is 12.3. The number of aryl methyl sites for hydroxylation is 1. The van der Waals surface area contributed by atoms with E-state index in [0.717, 1.165) is 6.54 Å². The van der Waals surface area contributed by atoms with E-state index in [9.17, 15) is 0 Å². The highest BCUT2D eigenvalue weighted by molar-refractivity contribution is 5.89. The number of nitrogens with one attached hydrogen (secondary N) is 1. The number of hydrogen-bond donors (Lipinski definition) is 1. The maximum atomic E-state index is 3.28. The Labute approximate surface area is 120 Å². The average molecular weight is 264 g/mol. The van der Waals surface area contributed by atoms with Gasteiger partial charge in [-0.2, -0.15) is 0 Å². The highest BCUT2D eigenvalue weighted by Crippen LogP contribution is 2.29. The van der Waals surface area contributed by atoms with E-state index in [1.54, 1.807) is 0 Å². The van der Waals surface area contributed by atoms with Crippen LogP contribution in [0.1, 0.15) is 11.3 Å². The van der Waals surface area contributed by atoms with Crippen LogP contribution in [0.5, 0.6) is 0 Å². The molecule has 3 aromatic rings. The van der Waals surface area contributed by atoms with Crippen LogP contribution in [0.2, 0.25) is 0 Å². The Balaban J connectivity index is 2.22. The molecule has 2 heteroatoms. The van der Waals surface area contributed by atoms with Gasteiger partial charge < -0.3 is 9.88 Å². The average Bonchev–Trinajstić information content (AvgIpc) is 2.73. The third-order valence-corrected chi connectivity index (χ3v) is 4.08. The molecule has 20 heavy (non-hydrogen) atoms. The molecular formula is C18H20N2. The normalized spacial score (nSPS) is 11.2. The maximum absolute atomic E-state index is 3.28. The fraction of sp³-hybridized carbons (Fsp3) is 0.222. The first-order valence-electron chi connectivity index (χ1n) is 7.00. The molecule has 1 N–H and O–H groups in total. The molecule has 1 aromatic heterocycles. The summed E-state index contributed by atoms with van der Waals surface area (Å²) in [7, 11) is 4.14. The molecule has 0 saturated carbocycles. The first-order valence-corrected chi connectivity index (χ1v) is 7.00. The van der Waals surface area contributed by atoms with E-state index in [4.69, 9.17) is 0 Å². The third-order valence-electron chi connectivity index (χ3n) is 4.08. The highest BCUT2D eigenvalue weighted by atomic mass is 15.0. The largest absolute Gasteiger partial charge is 0.348 e. The Morgan fingerprint density at radius 1 is 1.00 bits per heavy atom. The van der Waals surface area contributed by atoms with Crippen LogP contribution in [0.4, 0.5) is 0 Å². The fourth-order valence-corrected chi connectivity index (χ4v) is 2.86. The van der Waals surface area contributed by atoms with Crippen molar-refractivity contribution in [3.05, 3.63) is 59.8 Å². The van der Waals surface area contributed by atoms with Crippen molar-refractivity contribution in [3.8, 4) is 11.1 Å². The fourth-order valence-electron chi connectivity index (χ4n) is 2.86. The SMILES string of the molecule is CNCc1c(C)n(C)c2ccc(-c3ccccc3)cc12. The minimum atomic E-state index is 0.904. The van der Waals surface area contributed by atoms with Gasteiger partial charge in [0, 0.05) is 30.2 Å². The van der Waals surface area contributed by atoms with Gasteiger partial charge in [-0.05, 0) is 42.8 Å². The molecular weight excluding hydrogens is 244 g/mol. The van der Waals surface area contributed by atoms with Gasteiger partial charge in [0.25, 0.3) is 0 Å². The molecule has 0 spiro atoms. The van der Waals surface area contributed by atoms with Crippen molar-refractivity contribution in [1.29, 1.82) is 0 Å². The van der Waals surface area contributed by atoms with Crippen LogP contribution in [0.3, 0.4) is 0 Å². The summed E-state index contributed by atoms with van der Waals surface area (Å²) in [6.45, 7) is 3.09. The second kappa shape index (κ2) is 5.14. The lowest BCUT2D eigenvalue weighted by Crippen LogP contribution is -2.06. The van der Waals surface area contributed by atoms with Crippen LogP contribution in [0, 0.1) is 6.92 Å². The molecule has 1 heterocycles. The van der Waals surface area contributed by atoms with Crippen LogP contribution < -0.4 is 5.32 Å². The van der Waals surface area contributed by atoms with Gasteiger partial charge in [0.2, 0.25) is 0 Å². The molecule has 3 rings (SSSR count). The van der Waals surface area contributed by atoms with Gasteiger partial charge in [0.15, 0.2) is 0 Å². The van der Waals surface area contributed by atoms with E-state index in [2.05, 4.69) is 72.4 Å². The molecule has 0 radical (unpaired) electrons. The Hall–Kier alpha value is -2.06. The molecule has 0 aliphatic heterocycles. The zero-order valence-electron chi connectivity index (χ0n) is 12.3. The topological polar surface area (TPSA) is 17.0 Å². The van der Waals surface area contributed by atoms with Crippen LogP contribution >= 0.6 is 0 Å². The Kier molecular flexibility index (Phi) is 3.33. The lowest BCUT2D eigenvalue weighted by atomic mass is 10.0. The van der Waals surface area contributed by atoms with Crippen molar-refractivity contribution in [3.63, 3.8) is 0 Å². The van der Waals surface area contributed by atoms with Gasteiger partial charge in [0.1, 0.15) is 0 Å². The van der Waals surface area contributed by atoms with E-state index in [0.29, 0.717) is 0 Å². The number of hydrogen-bond acceptors (Lipinski definition) is 1. The van der Waals surface area contributed by atoms with Crippen LogP contribution in [0.25, 0.3) is 22.0 Å². The molecule has 0 atom stereocenters. The first kappa shape index (κ1) is 12.9. The Morgan fingerprint density at radius 3 is 2.45 bits per heavy atom. The summed E-state index contributed by atoms with van der Waals surface area (Å²) < 4.78 is 2.27. The van der Waals surface area contributed by atoms with E-state index in [1.807, 2.05) is 7.05 Å². The Bertz CT molecular complexity index is 739. The van der Waals surface area contributed by atoms with Crippen molar-refractivity contribution in [2.24, 2.45) is 7.05 Å². The summed E-state index contributed by atoms with van der Waals surface area (Å²) >= 11 is 0. The summed E-state index contributed by atoms with van der Waals surface area (Å²) in [6, 6.07) is 17.3. The third kappa shape index (κ3) is 2.02. The summed E-state index contributed by atoms with van der Waals surface area (Å²) in [5, 5.41) is 4.62. The zero-order chi connectivity index (χ0) is 14.1. The first-order chi connectivity index (χ1) is 9.72. The molecule has 0 saturated heterocycles. The van der Waals surface area contributed by atoms with Crippen molar-refractivity contribution in [1.82, 2.24) is 9.88 Å². The number of aromatic nitrogens is 1. The molecule has 0 fully saturated rings. The van der Waals surface area contributed by atoms with Crippen LogP contribution in [-0.2, 0) is 13.6 Å². The van der Waals surface area contributed by atoms with Crippen molar-refractivity contribution in [2.45, 2.75) is 13.5 Å². The van der Waals surface area contributed by atoms with Crippen molar-refractivity contribution in [2.75, 3.05) is 7.05 Å². The van der Waals surface area contributed by atoms with Crippen LogP contribution in [0.15, 0.2) is 48.5 Å².